The lowest BCUT2D eigenvalue weighted by atomic mass is 10.1. The predicted molar refractivity (Wildman–Crippen MR) is 108 cm³/mol. The third-order valence-corrected chi connectivity index (χ3v) is 5.53. The average Bonchev–Trinajstić information content (AvgIpc) is 3.12. The van der Waals surface area contributed by atoms with Crippen molar-refractivity contribution in [1.82, 2.24) is 9.78 Å². The van der Waals surface area contributed by atoms with Crippen molar-refractivity contribution in [2.45, 2.75) is 31.6 Å². The number of halogens is 1. The first-order valence-electron chi connectivity index (χ1n) is 9.04. The van der Waals surface area contributed by atoms with Gasteiger partial charge in [-0.15, -0.1) is 0 Å². The number of hydrogen-bond acceptors (Lipinski definition) is 4. The number of anilines is 1. The van der Waals surface area contributed by atoms with E-state index < -0.39 is 15.9 Å². The summed E-state index contributed by atoms with van der Waals surface area (Å²) in [4.78, 5) is 12.8. The van der Waals surface area contributed by atoms with E-state index in [1.54, 1.807) is 28.9 Å². The van der Waals surface area contributed by atoms with E-state index in [0.29, 0.717) is 41.0 Å². The molecule has 1 amide bonds. The first-order chi connectivity index (χ1) is 13.7. The Morgan fingerprint density at radius 1 is 1.14 bits per heavy atom. The number of nitrogens with two attached hydrogens (primary N) is 1. The van der Waals surface area contributed by atoms with Gasteiger partial charge >= 0.3 is 0 Å². The van der Waals surface area contributed by atoms with Gasteiger partial charge in [-0.05, 0) is 54.8 Å². The maximum Gasteiger partial charge on any atom is 0.259 e. The van der Waals surface area contributed by atoms with Crippen molar-refractivity contribution in [3.8, 4) is 5.69 Å². The minimum Gasteiger partial charge on any atom is -0.322 e. The summed E-state index contributed by atoms with van der Waals surface area (Å²) < 4.78 is 38.4. The smallest absolute Gasteiger partial charge is 0.259 e. The maximum atomic E-state index is 13.2. The summed E-state index contributed by atoms with van der Waals surface area (Å²) in [5.74, 6) is -0.794. The molecule has 0 bridgehead atoms. The Kier molecular flexibility index (Phi) is 5.81. The fourth-order valence-corrected chi connectivity index (χ4v) is 3.97. The molecule has 0 aliphatic carbocycles. The summed E-state index contributed by atoms with van der Waals surface area (Å²) in [6, 6.07) is 10.4. The fourth-order valence-electron chi connectivity index (χ4n) is 3.10. The summed E-state index contributed by atoms with van der Waals surface area (Å²) in [5, 5.41) is 12.2. The average molecular weight is 416 g/mol. The summed E-state index contributed by atoms with van der Waals surface area (Å²) in [5.41, 5.74) is 2.50. The highest BCUT2D eigenvalue weighted by atomic mass is 32.2. The second-order valence-electron chi connectivity index (χ2n) is 6.42. The van der Waals surface area contributed by atoms with Gasteiger partial charge in [0.05, 0.1) is 28.0 Å². The monoisotopic (exact) mass is 416 g/mol. The SMILES string of the molecule is CCc1ccc(NC(=O)c2cnn(-c3ccc(F)cc3)c2CC)cc1S(N)(=O)=O. The molecular formula is C20H21FN4O3S. The van der Waals surface area contributed by atoms with Gasteiger partial charge in [0.1, 0.15) is 5.82 Å². The van der Waals surface area contributed by atoms with Gasteiger partial charge in [0.15, 0.2) is 0 Å². The summed E-state index contributed by atoms with van der Waals surface area (Å²) in [7, 11) is -3.92. The van der Waals surface area contributed by atoms with Crippen molar-refractivity contribution in [2.75, 3.05) is 5.32 Å². The Bertz CT molecular complexity index is 1150. The molecule has 2 aromatic carbocycles. The Morgan fingerprint density at radius 2 is 1.83 bits per heavy atom. The second kappa shape index (κ2) is 8.14. The lowest BCUT2D eigenvalue weighted by molar-refractivity contribution is 0.102. The predicted octanol–water partition coefficient (Wildman–Crippen LogP) is 3.04. The number of rotatable bonds is 6. The largest absolute Gasteiger partial charge is 0.322 e. The molecule has 0 unspecified atom stereocenters. The third-order valence-electron chi connectivity index (χ3n) is 4.53. The van der Waals surface area contributed by atoms with Gasteiger partial charge in [-0.2, -0.15) is 5.10 Å². The molecule has 0 saturated carbocycles. The van der Waals surface area contributed by atoms with Crippen molar-refractivity contribution in [3.63, 3.8) is 0 Å². The number of hydrogen-bond donors (Lipinski definition) is 2. The Labute approximate surface area is 168 Å². The number of aryl methyl sites for hydroxylation is 1. The van der Waals surface area contributed by atoms with Crippen molar-refractivity contribution in [3.05, 3.63) is 71.3 Å². The van der Waals surface area contributed by atoms with Crippen molar-refractivity contribution >= 4 is 21.6 Å². The molecule has 29 heavy (non-hydrogen) atoms. The van der Waals surface area contributed by atoms with Gasteiger partial charge in [0.2, 0.25) is 10.0 Å². The molecule has 3 N–H and O–H groups in total. The molecule has 9 heteroatoms. The Balaban J connectivity index is 1.93. The zero-order chi connectivity index (χ0) is 21.2. The minimum atomic E-state index is -3.92. The van der Waals surface area contributed by atoms with Gasteiger partial charge in [0, 0.05) is 5.69 Å². The van der Waals surface area contributed by atoms with Crippen molar-refractivity contribution < 1.29 is 17.6 Å². The van der Waals surface area contributed by atoms with Crippen LogP contribution in [0.2, 0.25) is 0 Å². The summed E-state index contributed by atoms with van der Waals surface area (Å²) in [6.07, 6.45) is 2.43. The molecule has 0 atom stereocenters. The molecule has 7 nitrogen and oxygen atoms in total. The van der Waals surface area contributed by atoms with E-state index in [1.165, 1.54) is 24.4 Å². The van der Waals surface area contributed by atoms with Crippen LogP contribution in [0.1, 0.15) is 35.5 Å². The number of carbonyl (C=O) groups excluding carboxylic acids is 1. The second-order valence-corrected chi connectivity index (χ2v) is 7.95. The van der Waals surface area contributed by atoms with Gasteiger partial charge in [-0.1, -0.05) is 19.9 Å². The molecule has 0 radical (unpaired) electrons. The van der Waals surface area contributed by atoms with E-state index in [1.807, 2.05) is 13.8 Å². The number of sulfonamides is 1. The minimum absolute atomic E-state index is 0.0180. The van der Waals surface area contributed by atoms with Crippen LogP contribution in [0.5, 0.6) is 0 Å². The highest BCUT2D eigenvalue weighted by Gasteiger charge is 2.19. The number of aromatic nitrogens is 2. The molecule has 0 aliphatic rings. The zero-order valence-electron chi connectivity index (χ0n) is 16.0. The number of benzene rings is 2. The van der Waals surface area contributed by atoms with Crippen LogP contribution in [-0.2, 0) is 22.9 Å². The maximum absolute atomic E-state index is 13.2. The fraction of sp³-hybridized carbons (Fsp3) is 0.200. The van der Waals surface area contributed by atoms with E-state index in [-0.39, 0.29) is 10.7 Å². The van der Waals surface area contributed by atoms with E-state index in [4.69, 9.17) is 5.14 Å². The number of amides is 1. The van der Waals surface area contributed by atoms with E-state index in [2.05, 4.69) is 10.4 Å². The number of primary sulfonamides is 1. The van der Waals surface area contributed by atoms with Crippen LogP contribution in [0, 0.1) is 5.82 Å². The highest BCUT2D eigenvalue weighted by molar-refractivity contribution is 7.89. The van der Waals surface area contributed by atoms with E-state index in [0.717, 1.165) is 0 Å². The number of carbonyl (C=O) groups is 1. The molecule has 3 aromatic rings. The summed E-state index contributed by atoms with van der Waals surface area (Å²) >= 11 is 0. The lowest BCUT2D eigenvalue weighted by Gasteiger charge is -2.11. The van der Waals surface area contributed by atoms with Gasteiger partial charge < -0.3 is 5.32 Å². The van der Waals surface area contributed by atoms with Crippen molar-refractivity contribution in [2.24, 2.45) is 5.14 Å². The van der Waals surface area contributed by atoms with Crippen LogP contribution < -0.4 is 10.5 Å². The number of nitrogens with zero attached hydrogens (tertiary/aromatic N) is 2. The quantitative estimate of drug-likeness (QED) is 0.644. The van der Waals surface area contributed by atoms with Gasteiger partial charge in [-0.25, -0.2) is 22.6 Å². The van der Waals surface area contributed by atoms with Crippen LogP contribution in [-0.4, -0.2) is 24.1 Å². The van der Waals surface area contributed by atoms with E-state index >= 15 is 0 Å². The highest BCUT2D eigenvalue weighted by Crippen LogP contribution is 2.22. The van der Waals surface area contributed by atoms with Crippen LogP contribution in [0.4, 0.5) is 10.1 Å². The third kappa shape index (κ3) is 4.36. The Morgan fingerprint density at radius 3 is 2.41 bits per heavy atom. The van der Waals surface area contributed by atoms with Crippen LogP contribution in [0.15, 0.2) is 53.6 Å². The molecule has 0 aliphatic heterocycles. The molecular weight excluding hydrogens is 395 g/mol. The molecule has 3 rings (SSSR count). The molecule has 0 saturated heterocycles. The molecule has 0 spiro atoms. The molecule has 152 valence electrons. The first-order valence-corrected chi connectivity index (χ1v) is 10.6. The standard InChI is InChI=1S/C20H21FN4O3S/c1-3-13-5-8-15(11-19(13)29(22,27)28)24-20(26)17-12-23-25(18(17)4-2)16-9-6-14(21)7-10-16/h5-12H,3-4H2,1-2H3,(H,24,26)(H2,22,27,28). The molecule has 0 fully saturated rings. The molecule has 1 heterocycles. The first kappa shape index (κ1) is 20.7. The van der Waals surface area contributed by atoms with Gasteiger partial charge in [0.25, 0.3) is 5.91 Å². The number of nitrogens with one attached hydrogen (secondary N) is 1. The zero-order valence-corrected chi connectivity index (χ0v) is 16.8. The molecule has 1 aromatic heterocycles. The summed E-state index contributed by atoms with van der Waals surface area (Å²) in [6.45, 7) is 3.70. The van der Waals surface area contributed by atoms with E-state index in [9.17, 15) is 17.6 Å². The normalized spacial score (nSPS) is 11.4. The van der Waals surface area contributed by atoms with Gasteiger partial charge in [-0.3, -0.25) is 4.79 Å². The Hall–Kier alpha value is -3.04. The van der Waals surface area contributed by atoms with Crippen molar-refractivity contribution in [1.29, 1.82) is 0 Å². The van der Waals surface area contributed by atoms with Crippen LogP contribution >= 0.6 is 0 Å². The lowest BCUT2D eigenvalue weighted by Crippen LogP contribution is -2.17. The van der Waals surface area contributed by atoms with Crippen LogP contribution in [0.25, 0.3) is 5.69 Å². The topological polar surface area (TPSA) is 107 Å². The van der Waals surface area contributed by atoms with Crippen LogP contribution in [0.3, 0.4) is 0 Å².